The van der Waals surface area contributed by atoms with Crippen molar-refractivity contribution in [2.45, 2.75) is 25.5 Å². The second-order valence-electron chi connectivity index (χ2n) is 5.07. The number of benzene rings is 1. The van der Waals surface area contributed by atoms with Crippen molar-refractivity contribution in [3.8, 4) is 5.75 Å². The lowest BCUT2D eigenvalue weighted by Gasteiger charge is -2.33. The summed E-state index contributed by atoms with van der Waals surface area (Å²) >= 11 is 6.99. The van der Waals surface area contributed by atoms with E-state index in [4.69, 9.17) is 4.74 Å². The molecule has 0 spiro atoms. The molecule has 1 aliphatic rings. The quantitative estimate of drug-likeness (QED) is 0.788. The van der Waals surface area contributed by atoms with Crippen molar-refractivity contribution in [2.75, 3.05) is 6.54 Å². The number of hydrogen-bond donors (Lipinski definition) is 1. The maximum absolute atomic E-state index is 6.20. The van der Waals surface area contributed by atoms with Gasteiger partial charge in [0.05, 0.1) is 0 Å². The third kappa shape index (κ3) is 3.30. The number of aromatic nitrogens is 1. The van der Waals surface area contributed by atoms with Crippen molar-refractivity contribution in [3.63, 3.8) is 0 Å². The monoisotopic (exact) mass is 410 g/mol. The van der Waals surface area contributed by atoms with Crippen LogP contribution in [0.15, 0.2) is 45.6 Å². The summed E-state index contributed by atoms with van der Waals surface area (Å²) in [4.78, 5) is 4.25. The summed E-state index contributed by atoms with van der Waals surface area (Å²) in [6.45, 7) is 3.06. The summed E-state index contributed by atoms with van der Waals surface area (Å²) in [5.41, 5.74) is 2.32. The molecule has 3 nitrogen and oxygen atoms in total. The third-order valence-corrected chi connectivity index (χ3v) is 4.55. The van der Waals surface area contributed by atoms with Crippen LogP contribution in [-0.2, 0) is 0 Å². The molecule has 0 aliphatic carbocycles. The molecular weight excluding hydrogens is 396 g/mol. The van der Waals surface area contributed by atoms with Crippen LogP contribution in [-0.4, -0.2) is 11.5 Å². The Labute approximate surface area is 141 Å². The van der Waals surface area contributed by atoms with Crippen LogP contribution >= 0.6 is 31.9 Å². The van der Waals surface area contributed by atoms with Crippen molar-refractivity contribution < 1.29 is 4.74 Å². The number of ether oxygens (including phenoxy) is 1. The summed E-state index contributed by atoms with van der Waals surface area (Å²) in [7, 11) is 0. The molecule has 21 heavy (non-hydrogen) atoms. The number of fused-ring (bicyclic) bond motifs is 1. The average Bonchev–Trinajstić information content (AvgIpc) is 2.47. The third-order valence-electron chi connectivity index (χ3n) is 3.62. The molecule has 2 atom stereocenters. The van der Waals surface area contributed by atoms with Gasteiger partial charge in [-0.05, 0) is 40.7 Å². The lowest BCUT2D eigenvalue weighted by molar-refractivity contribution is 0.151. The highest BCUT2D eigenvalue weighted by molar-refractivity contribution is 9.10. The fourth-order valence-corrected chi connectivity index (χ4v) is 3.41. The van der Waals surface area contributed by atoms with Crippen molar-refractivity contribution in [2.24, 2.45) is 0 Å². The summed E-state index contributed by atoms with van der Waals surface area (Å²) in [6, 6.07) is 8.60. The normalized spacial score (nSPS) is 20.7. The van der Waals surface area contributed by atoms with E-state index in [0.717, 1.165) is 33.2 Å². The SMILES string of the molecule is CCNC1CC(c2cncc(Br)c2)Oc2cc(Br)ccc21. The first kappa shape index (κ1) is 15.0. The highest BCUT2D eigenvalue weighted by atomic mass is 79.9. The Hall–Kier alpha value is -0.910. The van der Waals surface area contributed by atoms with Gasteiger partial charge in [0.1, 0.15) is 11.9 Å². The maximum Gasteiger partial charge on any atom is 0.127 e. The average molecular weight is 412 g/mol. The highest BCUT2D eigenvalue weighted by Crippen LogP contribution is 2.42. The number of nitrogens with one attached hydrogen (secondary N) is 1. The van der Waals surface area contributed by atoms with Crippen LogP contribution in [0.1, 0.15) is 36.6 Å². The molecule has 0 radical (unpaired) electrons. The van der Waals surface area contributed by atoms with E-state index in [9.17, 15) is 0 Å². The highest BCUT2D eigenvalue weighted by Gasteiger charge is 2.29. The number of hydrogen-bond acceptors (Lipinski definition) is 3. The first-order valence-electron chi connectivity index (χ1n) is 6.97. The van der Waals surface area contributed by atoms with Gasteiger partial charge in [-0.2, -0.15) is 0 Å². The molecule has 0 bridgehead atoms. The zero-order chi connectivity index (χ0) is 14.8. The molecule has 2 heterocycles. The van der Waals surface area contributed by atoms with Crippen LogP contribution in [0.5, 0.6) is 5.75 Å². The van der Waals surface area contributed by atoms with Crippen molar-refractivity contribution in [1.82, 2.24) is 10.3 Å². The molecule has 0 saturated carbocycles. The van der Waals surface area contributed by atoms with Crippen molar-refractivity contribution in [1.29, 1.82) is 0 Å². The molecule has 2 unspecified atom stereocenters. The maximum atomic E-state index is 6.20. The van der Waals surface area contributed by atoms with Gasteiger partial charge < -0.3 is 10.1 Å². The van der Waals surface area contributed by atoms with E-state index >= 15 is 0 Å². The van der Waals surface area contributed by atoms with Gasteiger partial charge in [0, 0.05) is 44.9 Å². The van der Waals surface area contributed by atoms with Crippen LogP contribution in [0.2, 0.25) is 0 Å². The number of nitrogens with zero attached hydrogens (tertiary/aromatic N) is 1. The molecule has 2 aromatic rings. The molecule has 5 heteroatoms. The van der Waals surface area contributed by atoms with Gasteiger partial charge in [0.2, 0.25) is 0 Å². The summed E-state index contributed by atoms with van der Waals surface area (Å²) in [5.74, 6) is 0.937. The zero-order valence-electron chi connectivity index (χ0n) is 11.6. The van der Waals surface area contributed by atoms with E-state index in [-0.39, 0.29) is 6.10 Å². The molecule has 110 valence electrons. The standard InChI is InChI=1S/C16H16Br2N2O/c1-2-20-14-7-15(10-5-12(18)9-19-8-10)21-16-6-11(17)3-4-13(14)16/h3-6,8-9,14-15,20H,2,7H2,1H3. The molecule has 1 aliphatic heterocycles. The predicted molar refractivity (Wildman–Crippen MR) is 90.5 cm³/mol. The molecule has 0 saturated heterocycles. The van der Waals surface area contributed by atoms with E-state index in [0.29, 0.717) is 6.04 Å². The Morgan fingerprint density at radius 1 is 1.24 bits per heavy atom. The minimum absolute atomic E-state index is 0.0147. The van der Waals surface area contributed by atoms with Crippen LogP contribution in [0.3, 0.4) is 0 Å². The molecule has 1 aromatic carbocycles. The molecular formula is C16H16Br2N2O. The zero-order valence-corrected chi connectivity index (χ0v) is 14.8. The van der Waals surface area contributed by atoms with Gasteiger partial charge in [-0.15, -0.1) is 0 Å². The van der Waals surface area contributed by atoms with Gasteiger partial charge >= 0.3 is 0 Å². The van der Waals surface area contributed by atoms with E-state index in [2.05, 4.69) is 67.3 Å². The molecule has 0 amide bonds. The van der Waals surface area contributed by atoms with E-state index in [1.54, 1.807) is 6.20 Å². The van der Waals surface area contributed by atoms with Crippen LogP contribution in [0.4, 0.5) is 0 Å². The Bertz CT molecular complexity index is 648. The first-order chi connectivity index (χ1) is 10.2. The van der Waals surface area contributed by atoms with Gasteiger partial charge in [0.25, 0.3) is 0 Å². The van der Waals surface area contributed by atoms with E-state index < -0.39 is 0 Å². The van der Waals surface area contributed by atoms with Crippen LogP contribution in [0.25, 0.3) is 0 Å². The second-order valence-corrected chi connectivity index (χ2v) is 6.90. The number of pyridine rings is 1. The van der Waals surface area contributed by atoms with Crippen LogP contribution in [0, 0.1) is 0 Å². The predicted octanol–water partition coefficient (Wildman–Crippen LogP) is 4.78. The molecule has 1 N–H and O–H groups in total. The Balaban J connectivity index is 1.96. The largest absolute Gasteiger partial charge is 0.485 e. The molecule has 0 fully saturated rings. The van der Waals surface area contributed by atoms with E-state index in [1.165, 1.54) is 5.56 Å². The van der Waals surface area contributed by atoms with Crippen molar-refractivity contribution >= 4 is 31.9 Å². The van der Waals surface area contributed by atoms with Gasteiger partial charge in [-0.25, -0.2) is 0 Å². The Morgan fingerprint density at radius 3 is 2.86 bits per heavy atom. The summed E-state index contributed by atoms with van der Waals surface area (Å²) < 4.78 is 8.21. The number of rotatable bonds is 3. The lowest BCUT2D eigenvalue weighted by atomic mass is 9.93. The molecule has 3 rings (SSSR count). The van der Waals surface area contributed by atoms with Gasteiger partial charge in [0.15, 0.2) is 0 Å². The molecule has 1 aromatic heterocycles. The topological polar surface area (TPSA) is 34.2 Å². The van der Waals surface area contributed by atoms with Gasteiger partial charge in [-0.3, -0.25) is 4.98 Å². The smallest absolute Gasteiger partial charge is 0.127 e. The Kier molecular flexibility index (Phi) is 4.62. The fourth-order valence-electron chi connectivity index (χ4n) is 2.69. The minimum atomic E-state index is 0.0147. The van der Waals surface area contributed by atoms with Crippen molar-refractivity contribution in [3.05, 3.63) is 56.7 Å². The fraction of sp³-hybridized carbons (Fsp3) is 0.312. The second kappa shape index (κ2) is 6.46. The van der Waals surface area contributed by atoms with Crippen LogP contribution < -0.4 is 10.1 Å². The summed E-state index contributed by atoms with van der Waals surface area (Å²) in [5, 5.41) is 3.55. The lowest BCUT2D eigenvalue weighted by Crippen LogP contribution is -2.29. The minimum Gasteiger partial charge on any atom is -0.485 e. The summed E-state index contributed by atoms with van der Waals surface area (Å²) in [6.07, 6.45) is 4.58. The first-order valence-corrected chi connectivity index (χ1v) is 8.56. The Morgan fingerprint density at radius 2 is 2.10 bits per heavy atom. The van der Waals surface area contributed by atoms with E-state index in [1.807, 2.05) is 12.3 Å². The van der Waals surface area contributed by atoms with Gasteiger partial charge in [-0.1, -0.05) is 28.9 Å². The number of halogens is 2.